The molecule has 0 saturated carbocycles. The van der Waals surface area contributed by atoms with E-state index in [9.17, 15) is 0 Å². The highest BCUT2D eigenvalue weighted by molar-refractivity contribution is 5.31. The molecule has 0 amide bonds. The maximum absolute atomic E-state index is 8.58. The Morgan fingerprint density at radius 3 is 2.69 bits per heavy atom. The summed E-state index contributed by atoms with van der Waals surface area (Å²) in [5.74, 6) is 0.519. The van der Waals surface area contributed by atoms with Crippen LogP contribution in [0.4, 0.5) is 0 Å². The molecule has 0 atom stereocenters. The molecule has 13 heavy (non-hydrogen) atoms. The fraction of sp³-hybridized carbons (Fsp3) is 0.556. The van der Waals surface area contributed by atoms with Crippen molar-refractivity contribution in [2.45, 2.75) is 19.8 Å². The van der Waals surface area contributed by atoms with Gasteiger partial charge in [0.2, 0.25) is 0 Å². The molecule has 0 aromatic carbocycles. The van der Waals surface area contributed by atoms with Crippen molar-refractivity contribution < 1.29 is 0 Å². The predicted molar refractivity (Wildman–Crippen MR) is 51.2 cm³/mol. The average Bonchev–Trinajstić information content (AvgIpc) is 2.17. The van der Waals surface area contributed by atoms with Crippen LogP contribution in [0.2, 0.25) is 0 Å². The van der Waals surface area contributed by atoms with Gasteiger partial charge in [-0.2, -0.15) is 0 Å². The summed E-state index contributed by atoms with van der Waals surface area (Å²) in [6.07, 6.45) is 2.12. The molecule has 0 bridgehead atoms. The molecule has 2 N–H and O–H groups in total. The summed E-state index contributed by atoms with van der Waals surface area (Å²) in [4.78, 5) is 3.10. The van der Waals surface area contributed by atoms with Gasteiger partial charge >= 0.3 is 0 Å². The third-order valence-electron chi connectivity index (χ3n) is 1.54. The van der Waals surface area contributed by atoms with Gasteiger partial charge in [-0.05, 0) is 6.42 Å². The summed E-state index contributed by atoms with van der Waals surface area (Å²) >= 11 is 0. The lowest BCUT2D eigenvalue weighted by Crippen LogP contribution is -2.25. The molecule has 4 nitrogen and oxygen atoms in total. The Balaban J connectivity index is 4.26. The van der Waals surface area contributed by atoms with E-state index in [-0.39, 0.29) is 5.70 Å². The van der Waals surface area contributed by atoms with Crippen LogP contribution in [0.15, 0.2) is 11.5 Å². The third-order valence-corrected chi connectivity index (χ3v) is 1.54. The number of nitrogens with zero attached hydrogens (tertiary/aromatic N) is 2. The van der Waals surface area contributed by atoms with E-state index in [4.69, 9.17) is 11.8 Å². The smallest absolute Gasteiger partial charge is 0.300 e. The number of nitriles is 1. The van der Waals surface area contributed by atoms with E-state index < -0.39 is 0 Å². The van der Waals surface area contributed by atoms with E-state index >= 15 is 0 Å². The Morgan fingerprint density at radius 1 is 1.62 bits per heavy atom. The minimum Gasteiger partial charge on any atom is -0.383 e. The highest BCUT2D eigenvalue weighted by atomic mass is 15.1. The fourth-order valence-corrected chi connectivity index (χ4v) is 0.817. The number of unbranched alkanes of at least 4 members (excludes halogenated alkanes) is 1. The summed E-state index contributed by atoms with van der Waals surface area (Å²) in [6.45, 7) is 9.61. The molecule has 0 heterocycles. The minimum absolute atomic E-state index is 0.0820. The van der Waals surface area contributed by atoms with Crippen LogP contribution in [0, 0.1) is 17.9 Å². The van der Waals surface area contributed by atoms with Crippen molar-refractivity contribution in [3.05, 3.63) is 22.9 Å². The van der Waals surface area contributed by atoms with Crippen molar-refractivity contribution in [3.63, 3.8) is 0 Å². The van der Waals surface area contributed by atoms with Crippen molar-refractivity contribution in [2.24, 2.45) is 0 Å². The summed E-state index contributed by atoms with van der Waals surface area (Å²) in [5.41, 5.74) is 0.0820. The molecule has 0 aromatic heterocycles. The van der Waals surface area contributed by atoms with E-state index in [1.54, 1.807) is 7.05 Å². The molecule has 0 unspecified atom stereocenters. The van der Waals surface area contributed by atoms with Gasteiger partial charge in [0.1, 0.15) is 5.82 Å². The molecular formula is C9H14N4. The molecule has 0 aliphatic carbocycles. The largest absolute Gasteiger partial charge is 0.383 e. The zero-order valence-electron chi connectivity index (χ0n) is 8.02. The lowest BCUT2D eigenvalue weighted by Gasteiger charge is -2.09. The van der Waals surface area contributed by atoms with Gasteiger partial charge in [-0.3, -0.25) is 0 Å². The second kappa shape index (κ2) is 7.00. The van der Waals surface area contributed by atoms with Crippen molar-refractivity contribution in [3.8, 4) is 6.07 Å². The number of rotatable bonds is 5. The lowest BCUT2D eigenvalue weighted by atomic mass is 10.3. The van der Waals surface area contributed by atoms with Gasteiger partial charge in [0, 0.05) is 13.6 Å². The van der Waals surface area contributed by atoms with Gasteiger partial charge in [0.05, 0.1) is 12.6 Å². The molecule has 70 valence electrons. The normalized spacial score (nSPS) is 10.8. The highest BCUT2D eigenvalue weighted by Gasteiger charge is 2.02. The molecular weight excluding hydrogens is 164 g/mol. The zero-order chi connectivity index (χ0) is 10.1. The Labute approximate surface area is 79.1 Å². The monoisotopic (exact) mass is 178 g/mol. The van der Waals surface area contributed by atoms with Crippen molar-refractivity contribution in [2.75, 3.05) is 13.6 Å². The van der Waals surface area contributed by atoms with Crippen molar-refractivity contribution in [1.82, 2.24) is 10.6 Å². The van der Waals surface area contributed by atoms with E-state index in [0.717, 1.165) is 19.4 Å². The predicted octanol–water partition coefficient (Wildman–Crippen LogP) is 1.21. The number of nitrogens with one attached hydrogen (secondary N) is 2. The maximum atomic E-state index is 8.58. The second-order valence-electron chi connectivity index (χ2n) is 2.48. The van der Waals surface area contributed by atoms with Crippen molar-refractivity contribution in [1.29, 1.82) is 5.26 Å². The van der Waals surface area contributed by atoms with Gasteiger partial charge in [0.25, 0.3) is 5.70 Å². The van der Waals surface area contributed by atoms with Crippen LogP contribution in [-0.4, -0.2) is 13.6 Å². The number of hydrogen-bond acceptors (Lipinski definition) is 3. The topological polar surface area (TPSA) is 52.2 Å². The van der Waals surface area contributed by atoms with Crippen LogP contribution in [0.1, 0.15) is 19.8 Å². The fourth-order valence-electron chi connectivity index (χ4n) is 0.817. The molecule has 0 spiro atoms. The van der Waals surface area contributed by atoms with Gasteiger partial charge < -0.3 is 10.6 Å². The van der Waals surface area contributed by atoms with Gasteiger partial charge in [-0.25, -0.2) is 10.1 Å². The quantitative estimate of drug-likeness (QED) is 0.378. The third kappa shape index (κ3) is 4.03. The molecule has 0 aliphatic rings. The first-order valence-corrected chi connectivity index (χ1v) is 4.23. The maximum Gasteiger partial charge on any atom is 0.300 e. The van der Waals surface area contributed by atoms with Crippen LogP contribution in [0.25, 0.3) is 4.85 Å². The molecule has 0 radical (unpaired) electrons. The van der Waals surface area contributed by atoms with Crippen LogP contribution >= 0.6 is 0 Å². The Bertz CT molecular complexity index is 238. The SMILES string of the molecule is [C-]#[N+]/C(C#N)=C(/NC)NCCCC. The number of hydrogen-bond donors (Lipinski definition) is 2. The number of allylic oxidation sites excluding steroid dienone is 1. The van der Waals surface area contributed by atoms with Crippen LogP contribution < -0.4 is 10.6 Å². The molecule has 0 saturated heterocycles. The van der Waals surface area contributed by atoms with Crippen molar-refractivity contribution >= 4 is 0 Å². The van der Waals surface area contributed by atoms with Gasteiger partial charge in [-0.1, -0.05) is 13.3 Å². The standard InChI is InChI=1S/C9H14N4/c1-4-5-6-13-9(12-3)8(7-10)11-2/h12-13H,4-6H2,1,3H3/b9-8-. The zero-order valence-corrected chi connectivity index (χ0v) is 8.02. The van der Waals surface area contributed by atoms with Gasteiger partial charge in [0.15, 0.2) is 0 Å². The summed E-state index contributed by atoms with van der Waals surface area (Å²) in [5, 5.41) is 14.4. The van der Waals surface area contributed by atoms with E-state index in [2.05, 4.69) is 22.4 Å². The molecule has 0 fully saturated rings. The summed E-state index contributed by atoms with van der Waals surface area (Å²) in [6, 6.07) is 1.83. The van der Waals surface area contributed by atoms with Crippen LogP contribution in [-0.2, 0) is 0 Å². The van der Waals surface area contributed by atoms with E-state index in [0.29, 0.717) is 5.82 Å². The first-order valence-electron chi connectivity index (χ1n) is 4.23. The Morgan fingerprint density at radius 2 is 2.31 bits per heavy atom. The summed E-state index contributed by atoms with van der Waals surface area (Å²) < 4.78 is 0. The first-order chi connectivity index (χ1) is 6.29. The average molecular weight is 178 g/mol. The lowest BCUT2D eigenvalue weighted by molar-refractivity contribution is 0.673. The molecule has 0 aromatic rings. The molecule has 0 aliphatic heterocycles. The molecule has 0 rings (SSSR count). The first kappa shape index (κ1) is 11.3. The van der Waals surface area contributed by atoms with Crippen LogP contribution in [0.5, 0.6) is 0 Å². The minimum atomic E-state index is 0.0820. The van der Waals surface area contributed by atoms with Gasteiger partial charge in [-0.15, -0.1) is 0 Å². The van der Waals surface area contributed by atoms with E-state index in [1.165, 1.54) is 0 Å². The summed E-state index contributed by atoms with van der Waals surface area (Å²) in [7, 11) is 1.69. The second-order valence-corrected chi connectivity index (χ2v) is 2.48. The van der Waals surface area contributed by atoms with E-state index in [1.807, 2.05) is 6.07 Å². The highest BCUT2D eigenvalue weighted by Crippen LogP contribution is 1.98. The molecule has 4 heteroatoms. The Kier molecular flexibility index (Phi) is 6.09. The Hall–Kier alpha value is -1.68. The van der Waals surface area contributed by atoms with Crippen LogP contribution in [0.3, 0.4) is 0 Å².